The van der Waals surface area contributed by atoms with E-state index in [2.05, 4.69) is 10.5 Å². The molecule has 0 unspecified atom stereocenters. The Morgan fingerprint density at radius 3 is 1.88 bits per heavy atom. The molecule has 26 heavy (non-hydrogen) atoms. The van der Waals surface area contributed by atoms with Gasteiger partial charge in [0, 0.05) is 11.6 Å². The SMILES string of the molecule is C/C(=N/NC(=O)c1ccccc1O)C(c1ccccc1)c1ccccc1. The third-order valence-corrected chi connectivity index (χ3v) is 4.17. The maximum absolute atomic E-state index is 12.3. The number of benzene rings is 3. The van der Waals surface area contributed by atoms with Gasteiger partial charge in [-0.25, -0.2) is 5.43 Å². The van der Waals surface area contributed by atoms with Crippen LogP contribution in [-0.4, -0.2) is 16.7 Å². The van der Waals surface area contributed by atoms with Gasteiger partial charge < -0.3 is 5.11 Å². The van der Waals surface area contributed by atoms with E-state index in [9.17, 15) is 9.90 Å². The number of rotatable bonds is 5. The molecule has 0 aromatic heterocycles. The fourth-order valence-corrected chi connectivity index (χ4v) is 2.90. The van der Waals surface area contributed by atoms with Crippen LogP contribution in [0.5, 0.6) is 5.75 Å². The van der Waals surface area contributed by atoms with Crippen molar-refractivity contribution in [1.82, 2.24) is 5.43 Å². The summed E-state index contributed by atoms with van der Waals surface area (Å²) < 4.78 is 0. The maximum Gasteiger partial charge on any atom is 0.275 e. The van der Waals surface area contributed by atoms with Crippen molar-refractivity contribution < 1.29 is 9.90 Å². The molecule has 130 valence electrons. The standard InChI is InChI=1S/C22H20N2O2/c1-16(23-24-22(26)19-14-8-9-15-20(19)25)21(17-10-4-2-5-11-17)18-12-6-3-7-13-18/h2-15,21,25H,1H3,(H,24,26)/b23-16-. The topological polar surface area (TPSA) is 61.7 Å². The number of hydrazone groups is 1. The summed E-state index contributed by atoms with van der Waals surface area (Å²) in [6.07, 6.45) is 0. The number of nitrogens with one attached hydrogen (secondary N) is 1. The van der Waals surface area contributed by atoms with Crippen LogP contribution in [0.25, 0.3) is 0 Å². The van der Waals surface area contributed by atoms with Crippen LogP contribution in [0.15, 0.2) is 90.0 Å². The summed E-state index contributed by atoms with van der Waals surface area (Å²) >= 11 is 0. The number of phenolic OH excluding ortho intramolecular Hbond substituents is 1. The minimum absolute atomic E-state index is 0.0675. The first-order chi connectivity index (χ1) is 12.7. The number of carbonyl (C=O) groups excluding carboxylic acids is 1. The number of hydrogen-bond donors (Lipinski definition) is 2. The van der Waals surface area contributed by atoms with Gasteiger partial charge in [0.1, 0.15) is 5.75 Å². The first kappa shape index (κ1) is 17.4. The fourth-order valence-electron chi connectivity index (χ4n) is 2.90. The van der Waals surface area contributed by atoms with E-state index in [1.807, 2.05) is 67.6 Å². The van der Waals surface area contributed by atoms with Gasteiger partial charge in [-0.05, 0) is 30.2 Å². The van der Waals surface area contributed by atoms with Gasteiger partial charge in [-0.2, -0.15) is 5.10 Å². The molecule has 0 radical (unpaired) electrons. The van der Waals surface area contributed by atoms with Gasteiger partial charge in [0.05, 0.1) is 5.56 Å². The highest BCUT2D eigenvalue weighted by Gasteiger charge is 2.18. The Labute approximate surface area is 152 Å². The van der Waals surface area contributed by atoms with Crippen molar-refractivity contribution in [2.24, 2.45) is 5.10 Å². The molecule has 0 fully saturated rings. The van der Waals surface area contributed by atoms with E-state index in [0.717, 1.165) is 16.8 Å². The molecule has 3 aromatic carbocycles. The van der Waals surface area contributed by atoms with Crippen molar-refractivity contribution in [2.45, 2.75) is 12.8 Å². The molecular formula is C22H20N2O2. The molecule has 0 atom stereocenters. The van der Waals surface area contributed by atoms with Gasteiger partial charge in [0.15, 0.2) is 0 Å². The molecule has 3 rings (SSSR count). The molecule has 4 nitrogen and oxygen atoms in total. The zero-order chi connectivity index (χ0) is 18.4. The van der Waals surface area contributed by atoms with Crippen LogP contribution in [0, 0.1) is 0 Å². The Morgan fingerprint density at radius 1 is 0.846 bits per heavy atom. The number of hydrogen-bond acceptors (Lipinski definition) is 3. The second-order valence-corrected chi connectivity index (χ2v) is 5.97. The molecule has 3 aromatic rings. The minimum Gasteiger partial charge on any atom is -0.507 e. The lowest BCUT2D eigenvalue weighted by molar-refractivity contribution is 0.0952. The lowest BCUT2D eigenvalue weighted by atomic mass is 9.88. The van der Waals surface area contributed by atoms with Crippen LogP contribution >= 0.6 is 0 Å². The molecule has 2 N–H and O–H groups in total. The van der Waals surface area contributed by atoms with Crippen LogP contribution < -0.4 is 5.43 Å². The first-order valence-corrected chi connectivity index (χ1v) is 8.39. The lowest BCUT2D eigenvalue weighted by Gasteiger charge is -2.18. The molecular weight excluding hydrogens is 324 g/mol. The van der Waals surface area contributed by atoms with Gasteiger partial charge in [-0.15, -0.1) is 0 Å². The number of para-hydroxylation sites is 1. The van der Waals surface area contributed by atoms with Gasteiger partial charge in [-0.1, -0.05) is 72.8 Å². The number of phenols is 1. The molecule has 1 amide bonds. The number of carbonyl (C=O) groups is 1. The highest BCUT2D eigenvalue weighted by atomic mass is 16.3. The van der Waals surface area contributed by atoms with Gasteiger partial charge >= 0.3 is 0 Å². The molecule has 4 heteroatoms. The monoisotopic (exact) mass is 344 g/mol. The zero-order valence-corrected chi connectivity index (χ0v) is 14.5. The van der Waals surface area contributed by atoms with Gasteiger partial charge in [-0.3, -0.25) is 4.79 Å². The Balaban J connectivity index is 1.88. The van der Waals surface area contributed by atoms with Crippen LogP contribution in [-0.2, 0) is 0 Å². The second-order valence-electron chi connectivity index (χ2n) is 5.97. The molecule has 0 spiro atoms. The molecule has 0 saturated heterocycles. The first-order valence-electron chi connectivity index (χ1n) is 8.39. The predicted octanol–water partition coefficient (Wildman–Crippen LogP) is 4.33. The number of nitrogens with zero attached hydrogens (tertiary/aromatic N) is 1. The normalized spacial score (nSPS) is 11.4. The van der Waals surface area contributed by atoms with Gasteiger partial charge in [0.2, 0.25) is 0 Å². The molecule has 0 aliphatic rings. The quantitative estimate of drug-likeness (QED) is 0.534. The van der Waals surface area contributed by atoms with Crippen molar-refractivity contribution in [3.63, 3.8) is 0 Å². The summed E-state index contributed by atoms with van der Waals surface area (Å²) in [7, 11) is 0. The summed E-state index contributed by atoms with van der Waals surface area (Å²) in [5.74, 6) is -0.579. The zero-order valence-electron chi connectivity index (χ0n) is 14.5. The van der Waals surface area contributed by atoms with E-state index in [0.29, 0.717) is 0 Å². The van der Waals surface area contributed by atoms with Crippen LogP contribution in [0.3, 0.4) is 0 Å². The number of amides is 1. The summed E-state index contributed by atoms with van der Waals surface area (Å²) in [4.78, 5) is 12.3. The van der Waals surface area contributed by atoms with E-state index in [1.54, 1.807) is 18.2 Å². The highest BCUT2D eigenvalue weighted by molar-refractivity contribution is 5.98. The van der Waals surface area contributed by atoms with Crippen LogP contribution in [0.4, 0.5) is 0 Å². The Kier molecular flexibility index (Phi) is 5.44. The second kappa shape index (κ2) is 8.12. The lowest BCUT2D eigenvalue weighted by Crippen LogP contribution is -2.22. The predicted molar refractivity (Wildman–Crippen MR) is 103 cm³/mol. The largest absolute Gasteiger partial charge is 0.507 e. The number of aromatic hydroxyl groups is 1. The Hall–Kier alpha value is -3.40. The van der Waals surface area contributed by atoms with E-state index in [4.69, 9.17) is 0 Å². The Bertz CT molecular complexity index is 866. The Morgan fingerprint density at radius 2 is 1.35 bits per heavy atom. The van der Waals surface area contributed by atoms with Crippen molar-refractivity contribution in [3.8, 4) is 5.75 Å². The third-order valence-electron chi connectivity index (χ3n) is 4.17. The summed E-state index contributed by atoms with van der Waals surface area (Å²) in [5.41, 5.74) is 5.69. The van der Waals surface area contributed by atoms with Crippen molar-refractivity contribution >= 4 is 11.6 Å². The molecule has 0 bridgehead atoms. The summed E-state index contributed by atoms with van der Waals surface area (Å²) in [5, 5.41) is 14.1. The molecule has 0 aliphatic carbocycles. The smallest absolute Gasteiger partial charge is 0.275 e. The minimum atomic E-state index is -0.442. The van der Waals surface area contributed by atoms with E-state index < -0.39 is 5.91 Å². The fraction of sp³-hybridized carbons (Fsp3) is 0.0909. The van der Waals surface area contributed by atoms with Crippen LogP contribution in [0.2, 0.25) is 0 Å². The molecule has 0 heterocycles. The molecule has 0 aliphatic heterocycles. The summed E-state index contributed by atoms with van der Waals surface area (Å²) in [6, 6.07) is 26.5. The summed E-state index contributed by atoms with van der Waals surface area (Å²) in [6.45, 7) is 1.88. The highest BCUT2D eigenvalue weighted by Crippen LogP contribution is 2.26. The average molecular weight is 344 g/mol. The van der Waals surface area contributed by atoms with Crippen molar-refractivity contribution in [1.29, 1.82) is 0 Å². The third kappa shape index (κ3) is 3.98. The van der Waals surface area contributed by atoms with E-state index in [1.165, 1.54) is 6.07 Å². The van der Waals surface area contributed by atoms with E-state index in [-0.39, 0.29) is 17.2 Å². The van der Waals surface area contributed by atoms with Crippen molar-refractivity contribution in [3.05, 3.63) is 102 Å². The maximum atomic E-state index is 12.3. The van der Waals surface area contributed by atoms with Crippen LogP contribution in [0.1, 0.15) is 34.3 Å². The van der Waals surface area contributed by atoms with Crippen molar-refractivity contribution in [2.75, 3.05) is 0 Å². The average Bonchev–Trinajstić information content (AvgIpc) is 2.68. The van der Waals surface area contributed by atoms with Gasteiger partial charge in [0.25, 0.3) is 5.91 Å². The molecule has 0 saturated carbocycles. The van der Waals surface area contributed by atoms with E-state index >= 15 is 0 Å².